The summed E-state index contributed by atoms with van der Waals surface area (Å²) in [6, 6.07) is 4.83. The third-order valence-corrected chi connectivity index (χ3v) is 3.95. The maximum Gasteiger partial charge on any atom is 0.261 e. The van der Waals surface area contributed by atoms with Gasteiger partial charge in [0.25, 0.3) is 9.05 Å². The second-order valence-electron chi connectivity index (χ2n) is 2.32. The first-order chi connectivity index (χ1) is 5.95. The van der Waals surface area contributed by atoms with Crippen molar-refractivity contribution < 1.29 is 8.42 Å². The van der Waals surface area contributed by atoms with Gasteiger partial charge in [0.1, 0.15) is 0 Å². The average Bonchev–Trinajstić information content (AvgIpc) is 2.01. The van der Waals surface area contributed by atoms with Gasteiger partial charge in [-0.15, -0.1) is 0 Å². The maximum atomic E-state index is 11.1. The van der Waals surface area contributed by atoms with Gasteiger partial charge in [0.2, 0.25) is 0 Å². The highest BCUT2D eigenvalue weighted by molar-refractivity contribution is 9.10. The zero-order valence-corrected chi connectivity index (χ0v) is 11.0. The van der Waals surface area contributed by atoms with Gasteiger partial charge in [-0.1, -0.05) is 31.9 Å². The van der Waals surface area contributed by atoms with Gasteiger partial charge >= 0.3 is 0 Å². The highest BCUT2D eigenvalue weighted by Gasteiger charge is 2.14. The molecule has 0 fully saturated rings. The van der Waals surface area contributed by atoms with Gasteiger partial charge in [0.15, 0.2) is 0 Å². The molecule has 0 atom stereocenters. The SMILES string of the molecule is O=S(=O)(Cl)c1ccc(Br)cc1CBr. The van der Waals surface area contributed by atoms with Crippen LogP contribution in [0.3, 0.4) is 0 Å². The molecule has 0 aromatic heterocycles. The lowest BCUT2D eigenvalue weighted by atomic mass is 10.2. The summed E-state index contributed by atoms with van der Waals surface area (Å²) in [5.41, 5.74) is 0.643. The van der Waals surface area contributed by atoms with E-state index in [-0.39, 0.29) is 4.90 Å². The number of rotatable bonds is 2. The van der Waals surface area contributed by atoms with E-state index in [2.05, 4.69) is 31.9 Å². The van der Waals surface area contributed by atoms with E-state index < -0.39 is 9.05 Å². The molecular formula is C7H5Br2ClO2S. The van der Waals surface area contributed by atoms with E-state index in [1.54, 1.807) is 12.1 Å². The Bertz CT molecular complexity index is 417. The second kappa shape index (κ2) is 4.29. The Balaban J connectivity index is 3.39. The van der Waals surface area contributed by atoms with Crippen molar-refractivity contribution in [3.63, 3.8) is 0 Å². The summed E-state index contributed by atoms with van der Waals surface area (Å²) in [6.07, 6.45) is 0. The second-order valence-corrected chi connectivity index (χ2v) is 6.33. The van der Waals surface area contributed by atoms with Gasteiger partial charge in [-0.25, -0.2) is 8.42 Å². The van der Waals surface area contributed by atoms with E-state index in [1.807, 2.05) is 0 Å². The normalized spacial score (nSPS) is 11.6. The van der Waals surface area contributed by atoms with Crippen molar-refractivity contribution in [2.24, 2.45) is 0 Å². The molecule has 72 valence electrons. The van der Waals surface area contributed by atoms with E-state index in [9.17, 15) is 8.42 Å². The van der Waals surface area contributed by atoms with Crippen molar-refractivity contribution in [2.75, 3.05) is 0 Å². The Hall–Kier alpha value is 0.420. The Morgan fingerprint density at radius 1 is 1.38 bits per heavy atom. The molecule has 1 aromatic rings. The van der Waals surface area contributed by atoms with Crippen molar-refractivity contribution in [1.82, 2.24) is 0 Å². The third kappa shape index (κ3) is 2.94. The van der Waals surface area contributed by atoms with Gasteiger partial charge in [-0.3, -0.25) is 0 Å². The third-order valence-electron chi connectivity index (χ3n) is 1.43. The fraction of sp³-hybridized carbons (Fsp3) is 0.143. The first kappa shape index (κ1) is 11.5. The van der Waals surface area contributed by atoms with Crippen LogP contribution in [-0.4, -0.2) is 8.42 Å². The minimum absolute atomic E-state index is 0.147. The van der Waals surface area contributed by atoms with Crippen LogP contribution in [0, 0.1) is 0 Å². The number of hydrogen-bond acceptors (Lipinski definition) is 2. The van der Waals surface area contributed by atoms with Crippen molar-refractivity contribution >= 4 is 51.6 Å². The van der Waals surface area contributed by atoms with Crippen LogP contribution in [0.15, 0.2) is 27.6 Å². The first-order valence-electron chi connectivity index (χ1n) is 3.24. The highest BCUT2D eigenvalue weighted by atomic mass is 79.9. The lowest BCUT2D eigenvalue weighted by Crippen LogP contribution is -1.95. The van der Waals surface area contributed by atoms with Gasteiger partial charge in [0, 0.05) is 20.5 Å². The standard InChI is InChI=1S/C7H5Br2ClO2S/c8-4-5-3-6(9)1-2-7(5)13(10,11)12/h1-3H,4H2. The highest BCUT2D eigenvalue weighted by Crippen LogP contribution is 2.25. The molecule has 0 unspecified atom stereocenters. The molecule has 0 aliphatic carbocycles. The van der Waals surface area contributed by atoms with Crippen molar-refractivity contribution in [3.05, 3.63) is 28.2 Å². The molecule has 0 amide bonds. The average molecular weight is 348 g/mol. The quantitative estimate of drug-likeness (QED) is 0.607. The van der Waals surface area contributed by atoms with E-state index >= 15 is 0 Å². The van der Waals surface area contributed by atoms with Crippen LogP contribution in [0.5, 0.6) is 0 Å². The lowest BCUT2D eigenvalue weighted by Gasteiger charge is -2.03. The summed E-state index contributed by atoms with van der Waals surface area (Å²) in [4.78, 5) is 0.147. The van der Waals surface area contributed by atoms with Gasteiger partial charge in [-0.2, -0.15) is 0 Å². The predicted molar refractivity (Wildman–Crippen MR) is 59.8 cm³/mol. The fourth-order valence-corrected chi connectivity index (χ4v) is 3.07. The summed E-state index contributed by atoms with van der Waals surface area (Å²) in [7, 11) is 1.59. The molecule has 0 heterocycles. The molecule has 0 radical (unpaired) electrons. The number of hydrogen-bond donors (Lipinski definition) is 0. The summed E-state index contributed by atoms with van der Waals surface area (Å²) in [5.74, 6) is 0. The van der Waals surface area contributed by atoms with E-state index in [0.29, 0.717) is 10.9 Å². The fourth-order valence-electron chi connectivity index (χ4n) is 0.890. The topological polar surface area (TPSA) is 34.1 Å². The molecule has 0 N–H and O–H groups in total. The van der Waals surface area contributed by atoms with Crippen molar-refractivity contribution in [3.8, 4) is 0 Å². The molecule has 0 spiro atoms. The van der Waals surface area contributed by atoms with E-state index in [1.165, 1.54) is 6.07 Å². The Morgan fingerprint density at radius 3 is 2.46 bits per heavy atom. The molecule has 0 saturated carbocycles. The molecule has 0 aliphatic rings. The van der Waals surface area contributed by atoms with E-state index in [4.69, 9.17) is 10.7 Å². The molecule has 1 aromatic carbocycles. The van der Waals surface area contributed by atoms with E-state index in [0.717, 1.165) is 4.47 Å². The van der Waals surface area contributed by atoms with Crippen molar-refractivity contribution in [2.45, 2.75) is 10.2 Å². The molecular weight excluding hydrogens is 343 g/mol. The minimum Gasteiger partial charge on any atom is -0.207 e. The summed E-state index contributed by atoms with van der Waals surface area (Å²) < 4.78 is 22.9. The summed E-state index contributed by atoms with van der Waals surface area (Å²) >= 11 is 6.44. The van der Waals surface area contributed by atoms with Crippen LogP contribution in [0.1, 0.15) is 5.56 Å². The monoisotopic (exact) mass is 346 g/mol. The smallest absolute Gasteiger partial charge is 0.207 e. The predicted octanol–water partition coefficient (Wildman–Crippen LogP) is 3.27. The Kier molecular flexibility index (Phi) is 3.80. The van der Waals surface area contributed by atoms with Crippen LogP contribution in [0.2, 0.25) is 0 Å². The number of alkyl halides is 1. The molecule has 1 rings (SSSR count). The van der Waals surface area contributed by atoms with Crippen LogP contribution >= 0.6 is 42.5 Å². The zero-order valence-electron chi connectivity index (χ0n) is 6.30. The molecule has 0 aliphatic heterocycles. The van der Waals surface area contributed by atoms with Gasteiger partial charge in [-0.05, 0) is 23.8 Å². The molecule has 0 bridgehead atoms. The zero-order chi connectivity index (χ0) is 10.1. The Labute approximate surface area is 98.0 Å². The van der Waals surface area contributed by atoms with Crippen molar-refractivity contribution in [1.29, 1.82) is 0 Å². The van der Waals surface area contributed by atoms with Crippen LogP contribution < -0.4 is 0 Å². The van der Waals surface area contributed by atoms with Crippen LogP contribution in [0.4, 0.5) is 0 Å². The Morgan fingerprint density at radius 2 is 2.00 bits per heavy atom. The maximum absolute atomic E-state index is 11.1. The summed E-state index contributed by atoms with van der Waals surface area (Å²) in [5, 5.41) is 0.452. The number of halogens is 3. The van der Waals surface area contributed by atoms with Gasteiger partial charge in [0.05, 0.1) is 4.90 Å². The van der Waals surface area contributed by atoms with Gasteiger partial charge < -0.3 is 0 Å². The lowest BCUT2D eigenvalue weighted by molar-refractivity contribution is 0.609. The molecule has 0 saturated heterocycles. The first-order valence-corrected chi connectivity index (χ1v) is 7.46. The summed E-state index contributed by atoms with van der Waals surface area (Å²) in [6.45, 7) is 0. The largest absolute Gasteiger partial charge is 0.261 e. The molecule has 13 heavy (non-hydrogen) atoms. The van der Waals surface area contributed by atoms with Crippen LogP contribution in [0.25, 0.3) is 0 Å². The molecule has 2 nitrogen and oxygen atoms in total. The van der Waals surface area contributed by atoms with Crippen LogP contribution in [-0.2, 0) is 14.4 Å². The molecule has 6 heteroatoms. The number of benzene rings is 1. The minimum atomic E-state index is -3.64.